The highest BCUT2D eigenvalue weighted by molar-refractivity contribution is 5.85. The summed E-state index contributed by atoms with van der Waals surface area (Å²) in [7, 11) is 1.88. The van der Waals surface area contributed by atoms with Crippen LogP contribution >= 0.6 is 0 Å². The predicted molar refractivity (Wildman–Crippen MR) is 84.3 cm³/mol. The van der Waals surface area contributed by atoms with Crippen molar-refractivity contribution in [1.82, 2.24) is 14.8 Å². The van der Waals surface area contributed by atoms with Crippen LogP contribution < -0.4 is 0 Å². The summed E-state index contributed by atoms with van der Waals surface area (Å²) in [5.41, 5.74) is 3.86. The first kappa shape index (κ1) is 14.3. The van der Waals surface area contributed by atoms with Gasteiger partial charge in [0.2, 0.25) is 0 Å². The van der Waals surface area contributed by atoms with E-state index in [1.807, 2.05) is 50.8 Å². The van der Waals surface area contributed by atoms with Gasteiger partial charge in [-0.1, -0.05) is 6.07 Å². The van der Waals surface area contributed by atoms with Crippen molar-refractivity contribution in [2.45, 2.75) is 13.3 Å². The van der Waals surface area contributed by atoms with Gasteiger partial charge in [-0.25, -0.2) is 0 Å². The number of ether oxygens (including phenoxy) is 1. The number of hydrogen-bond acceptors (Lipinski definition) is 4. The maximum atomic E-state index is 11.6. The number of carbonyl (C=O) groups excluding carboxylic acids is 1. The molecule has 1 aromatic carbocycles. The molecule has 0 aliphatic carbocycles. The van der Waals surface area contributed by atoms with Crippen LogP contribution in [-0.4, -0.2) is 27.3 Å². The molecule has 0 amide bonds. The molecule has 0 atom stereocenters. The summed E-state index contributed by atoms with van der Waals surface area (Å²) in [6.07, 6.45) is 5.88. The Hall–Kier alpha value is -2.69. The van der Waals surface area contributed by atoms with Crippen LogP contribution in [0.4, 0.5) is 0 Å². The molecule has 22 heavy (non-hydrogen) atoms. The smallest absolute Gasteiger partial charge is 0.310 e. The summed E-state index contributed by atoms with van der Waals surface area (Å²) < 4.78 is 6.75. The number of hydrogen-bond donors (Lipinski definition) is 0. The number of fused-ring (bicyclic) bond motifs is 1. The Morgan fingerprint density at radius 1 is 1.23 bits per heavy atom. The Morgan fingerprint density at radius 3 is 2.82 bits per heavy atom. The minimum Gasteiger partial charge on any atom is -0.466 e. The van der Waals surface area contributed by atoms with Crippen LogP contribution in [0.2, 0.25) is 0 Å². The molecule has 0 unspecified atom stereocenters. The van der Waals surface area contributed by atoms with Crippen molar-refractivity contribution in [2.24, 2.45) is 7.05 Å². The third-order valence-corrected chi connectivity index (χ3v) is 3.44. The number of aryl methyl sites for hydroxylation is 1. The highest BCUT2D eigenvalue weighted by Crippen LogP contribution is 2.23. The predicted octanol–water partition coefficient (Wildman–Crippen LogP) is 2.74. The van der Waals surface area contributed by atoms with Crippen molar-refractivity contribution in [2.75, 3.05) is 6.61 Å². The number of benzene rings is 1. The molecule has 0 N–H and O–H groups in total. The number of aromatic nitrogens is 3. The topological polar surface area (TPSA) is 57.0 Å². The summed E-state index contributed by atoms with van der Waals surface area (Å²) >= 11 is 0. The van der Waals surface area contributed by atoms with Gasteiger partial charge in [0.1, 0.15) is 0 Å². The first-order chi connectivity index (χ1) is 10.7. The molecule has 0 saturated heterocycles. The third-order valence-electron chi connectivity index (χ3n) is 3.44. The maximum absolute atomic E-state index is 11.6. The zero-order valence-corrected chi connectivity index (χ0v) is 12.6. The Morgan fingerprint density at radius 2 is 2.09 bits per heavy atom. The zero-order valence-electron chi connectivity index (χ0n) is 12.6. The highest BCUT2D eigenvalue weighted by atomic mass is 16.5. The van der Waals surface area contributed by atoms with E-state index in [-0.39, 0.29) is 12.4 Å². The van der Waals surface area contributed by atoms with Gasteiger partial charge in [-0.05, 0) is 30.7 Å². The lowest BCUT2D eigenvalue weighted by atomic mass is 10.1. The molecular formula is C17H17N3O2. The average Bonchev–Trinajstić information content (AvgIpc) is 2.93. The van der Waals surface area contributed by atoms with Crippen LogP contribution in [0.1, 0.15) is 12.5 Å². The van der Waals surface area contributed by atoms with Gasteiger partial charge >= 0.3 is 5.97 Å². The van der Waals surface area contributed by atoms with Gasteiger partial charge in [0.15, 0.2) is 0 Å². The van der Waals surface area contributed by atoms with Crippen molar-refractivity contribution >= 4 is 16.9 Å². The monoisotopic (exact) mass is 295 g/mol. The van der Waals surface area contributed by atoms with Gasteiger partial charge in [0.25, 0.3) is 0 Å². The van der Waals surface area contributed by atoms with E-state index < -0.39 is 0 Å². The quantitative estimate of drug-likeness (QED) is 0.694. The fourth-order valence-electron chi connectivity index (χ4n) is 2.40. The van der Waals surface area contributed by atoms with E-state index in [1.165, 1.54) is 0 Å². The summed E-state index contributed by atoms with van der Waals surface area (Å²) in [6.45, 7) is 2.21. The van der Waals surface area contributed by atoms with Crippen LogP contribution in [0.25, 0.3) is 22.0 Å². The minimum atomic E-state index is -0.210. The van der Waals surface area contributed by atoms with E-state index in [0.717, 1.165) is 27.6 Å². The number of pyridine rings is 1. The Balaban J connectivity index is 1.94. The van der Waals surface area contributed by atoms with Crippen molar-refractivity contribution in [1.29, 1.82) is 0 Å². The van der Waals surface area contributed by atoms with Gasteiger partial charge in [0, 0.05) is 36.0 Å². The third kappa shape index (κ3) is 2.98. The fraction of sp³-hybridized carbons (Fsp3) is 0.235. The molecule has 2 heterocycles. The largest absolute Gasteiger partial charge is 0.466 e. The van der Waals surface area contributed by atoms with Crippen LogP contribution in [0.3, 0.4) is 0 Å². The Bertz CT molecular complexity index is 824. The van der Waals surface area contributed by atoms with Crippen molar-refractivity contribution in [3.05, 3.63) is 48.4 Å². The zero-order chi connectivity index (χ0) is 15.5. The minimum absolute atomic E-state index is 0.210. The van der Waals surface area contributed by atoms with Crippen molar-refractivity contribution in [3.63, 3.8) is 0 Å². The second kappa shape index (κ2) is 5.97. The van der Waals surface area contributed by atoms with E-state index >= 15 is 0 Å². The van der Waals surface area contributed by atoms with E-state index in [9.17, 15) is 4.79 Å². The lowest BCUT2D eigenvalue weighted by Gasteiger charge is -2.05. The lowest BCUT2D eigenvalue weighted by Crippen LogP contribution is -2.07. The number of nitrogens with zero attached hydrogens (tertiary/aromatic N) is 3. The molecule has 0 aliphatic heterocycles. The van der Waals surface area contributed by atoms with E-state index in [0.29, 0.717) is 6.61 Å². The highest BCUT2D eigenvalue weighted by Gasteiger charge is 2.07. The van der Waals surface area contributed by atoms with Gasteiger partial charge in [-0.3, -0.25) is 14.5 Å². The summed E-state index contributed by atoms with van der Waals surface area (Å²) in [4.78, 5) is 16.1. The molecule has 0 spiro atoms. The molecule has 0 aliphatic rings. The van der Waals surface area contributed by atoms with Gasteiger partial charge in [0.05, 0.1) is 24.7 Å². The standard InChI is InChI=1S/C17H17N3O2/c1-3-22-17(21)7-12-4-5-16-13(6-12)8-14(9-18-16)15-10-19-20(2)11-15/h4-6,8-11H,3,7H2,1-2H3. The molecule has 0 radical (unpaired) electrons. The SMILES string of the molecule is CCOC(=O)Cc1ccc2ncc(-c3cnn(C)c3)cc2c1. The maximum Gasteiger partial charge on any atom is 0.310 e. The summed E-state index contributed by atoms with van der Waals surface area (Å²) in [5.74, 6) is -0.210. The number of rotatable bonds is 4. The molecule has 5 nitrogen and oxygen atoms in total. The van der Waals surface area contributed by atoms with Crippen LogP contribution in [0.15, 0.2) is 42.9 Å². The van der Waals surface area contributed by atoms with Gasteiger partial charge in [-0.2, -0.15) is 5.10 Å². The second-order valence-electron chi connectivity index (χ2n) is 5.14. The molecule has 0 saturated carbocycles. The average molecular weight is 295 g/mol. The molecular weight excluding hydrogens is 278 g/mol. The van der Waals surface area contributed by atoms with E-state index in [1.54, 1.807) is 4.68 Å². The van der Waals surface area contributed by atoms with E-state index in [2.05, 4.69) is 16.1 Å². The molecule has 3 aromatic rings. The number of esters is 1. The van der Waals surface area contributed by atoms with Gasteiger partial charge < -0.3 is 4.74 Å². The van der Waals surface area contributed by atoms with Crippen LogP contribution in [-0.2, 0) is 23.0 Å². The molecule has 112 valence electrons. The van der Waals surface area contributed by atoms with Gasteiger partial charge in [-0.15, -0.1) is 0 Å². The van der Waals surface area contributed by atoms with Crippen LogP contribution in [0.5, 0.6) is 0 Å². The Kier molecular flexibility index (Phi) is 3.87. The molecule has 0 bridgehead atoms. The van der Waals surface area contributed by atoms with Crippen molar-refractivity contribution < 1.29 is 9.53 Å². The molecule has 3 rings (SSSR count). The first-order valence-electron chi connectivity index (χ1n) is 7.19. The van der Waals surface area contributed by atoms with E-state index in [4.69, 9.17) is 4.74 Å². The summed E-state index contributed by atoms with van der Waals surface area (Å²) in [6, 6.07) is 7.89. The van der Waals surface area contributed by atoms with Crippen LogP contribution in [0, 0.1) is 0 Å². The first-order valence-corrected chi connectivity index (χ1v) is 7.19. The second-order valence-corrected chi connectivity index (χ2v) is 5.14. The van der Waals surface area contributed by atoms with Crippen molar-refractivity contribution in [3.8, 4) is 11.1 Å². The fourth-order valence-corrected chi connectivity index (χ4v) is 2.40. The summed E-state index contributed by atoms with van der Waals surface area (Å²) in [5, 5.41) is 5.18. The normalized spacial score (nSPS) is 10.8. The molecule has 5 heteroatoms. The molecule has 2 aromatic heterocycles. The molecule has 0 fully saturated rings. The Labute approximate surface area is 128 Å². The number of carbonyl (C=O) groups is 1. The lowest BCUT2D eigenvalue weighted by molar-refractivity contribution is -0.142.